The van der Waals surface area contributed by atoms with Gasteiger partial charge in [0.25, 0.3) is 5.91 Å². The number of halogens is 1. The number of aromatic nitrogens is 1. The molecule has 3 aromatic carbocycles. The highest BCUT2D eigenvalue weighted by Crippen LogP contribution is 2.31. The summed E-state index contributed by atoms with van der Waals surface area (Å²) in [4.78, 5) is 42.3. The van der Waals surface area contributed by atoms with Gasteiger partial charge in [0, 0.05) is 40.7 Å². The van der Waals surface area contributed by atoms with Crippen molar-refractivity contribution in [1.82, 2.24) is 9.29 Å². The average molecular weight is 610 g/mol. The molecule has 1 unspecified atom stereocenters. The van der Waals surface area contributed by atoms with Crippen molar-refractivity contribution in [2.24, 2.45) is 0 Å². The number of H-pyrrole nitrogens is 1. The number of fused-ring (bicyclic) bond motifs is 1. The van der Waals surface area contributed by atoms with Crippen molar-refractivity contribution in [3.63, 3.8) is 0 Å². The van der Waals surface area contributed by atoms with E-state index in [0.717, 1.165) is 25.7 Å². The number of nitrogens with zero attached hydrogens (tertiary/aromatic N) is 2. The van der Waals surface area contributed by atoms with Crippen LogP contribution >= 0.6 is 15.9 Å². The zero-order valence-electron chi connectivity index (χ0n) is 20.9. The first-order valence-corrected chi connectivity index (χ1v) is 14.5. The number of para-hydroxylation sites is 1. The van der Waals surface area contributed by atoms with Gasteiger partial charge in [0.2, 0.25) is 21.8 Å². The molecule has 4 aromatic rings. The van der Waals surface area contributed by atoms with E-state index in [2.05, 4.69) is 26.2 Å². The summed E-state index contributed by atoms with van der Waals surface area (Å²) in [5, 5.41) is 3.60. The highest BCUT2D eigenvalue weighted by atomic mass is 79.9. The Bertz CT molecular complexity index is 1670. The van der Waals surface area contributed by atoms with E-state index >= 15 is 0 Å². The van der Waals surface area contributed by atoms with Crippen molar-refractivity contribution in [1.29, 1.82) is 0 Å². The number of aromatic amines is 1. The van der Waals surface area contributed by atoms with Crippen LogP contribution in [0.1, 0.15) is 18.9 Å². The summed E-state index contributed by atoms with van der Waals surface area (Å²) >= 11 is 3.32. The van der Waals surface area contributed by atoms with E-state index in [1.54, 1.807) is 36.4 Å². The van der Waals surface area contributed by atoms with Crippen molar-refractivity contribution in [3.8, 4) is 0 Å². The van der Waals surface area contributed by atoms with Gasteiger partial charge in [-0.25, -0.2) is 13.3 Å². The standard InChI is InChI=1S/C28H25BrN4O5S/c1-18(34)31-21-8-10-22(11-9-21)33-27(35)16-26(28(33)36)32(39(37,38)23-12-6-20(29)7-13-23)15-14-19-17-30-25-5-3-2-4-24(19)25/h2-13,17,26,30H,14-16H2,1H3,(H,31,34). The SMILES string of the molecule is CC(=O)Nc1ccc(N2C(=O)CC(N(CCc3c[nH]c4ccccc34)S(=O)(=O)c3ccc(Br)cc3)C2=O)cc1. The highest BCUT2D eigenvalue weighted by molar-refractivity contribution is 9.10. The fraction of sp³-hybridized carbons (Fsp3) is 0.179. The maximum Gasteiger partial charge on any atom is 0.252 e. The number of hydrogen-bond acceptors (Lipinski definition) is 5. The van der Waals surface area contributed by atoms with E-state index < -0.39 is 27.9 Å². The number of hydrogen-bond donors (Lipinski definition) is 2. The third-order valence-electron chi connectivity index (χ3n) is 6.61. The molecule has 2 N–H and O–H groups in total. The number of amides is 3. The third-order valence-corrected chi connectivity index (χ3v) is 9.06. The van der Waals surface area contributed by atoms with Gasteiger partial charge in [-0.1, -0.05) is 34.1 Å². The number of sulfonamides is 1. The minimum atomic E-state index is -4.13. The molecule has 200 valence electrons. The normalized spacial score (nSPS) is 15.9. The molecule has 39 heavy (non-hydrogen) atoms. The van der Waals surface area contributed by atoms with Crippen molar-refractivity contribution in [2.45, 2.75) is 30.7 Å². The van der Waals surface area contributed by atoms with E-state index in [1.165, 1.54) is 19.1 Å². The molecule has 0 aliphatic carbocycles. The molecule has 1 saturated heterocycles. The summed E-state index contributed by atoms with van der Waals surface area (Å²) in [5.74, 6) is -1.37. The minimum Gasteiger partial charge on any atom is -0.361 e. The second kappa shape index (κ2) is 10.8. The van der Waals surface area contributed by atoms with Gasteiger partial charge in [-0.3, -0.25) is 14.4 Å². The predicted octanol–water partition coefficient (Wildman–Crippen LogP) is 4.45. The van der Waals surface area contributed by atoms with E-state index in [1.807, 2.05) is 30.5 Å². The minimum absolute atomic E-state index is 0.000753. The number of imide groups is 1. The Morgan fingerprint density at radius 2 is 1.74 bits per heavy atom. The Hall–Kier alpha value is -3.80. The summed E-state index contributed by atoms with van der Waals surface area (Å²) in [6.45, 7) is 1.38. The van der Waals surface area contributed by atoms with Gasteiger partial charge in [-0.05, 0) is 66.6 Å². The molecule has 11 heteroatoms. The van der Waals surface area contributed by atoms with E-state index in [9.17, 15) is 22.8 Å². The molecule has 9 nitrogen and oxygen atoms in total. The maximum absolute atomic E-state index is 13.9. The van der Waals surface area contributed by atoms with Gasteiger partial charge in [-0.15, -0.1) is 0 Å². The molecule has 1 aliphatic heterocycles. The third kappa shape index (κ3) is 5.38. The Morgan fingerprint density at radius 3 is 2.44 bits per heavy atom. The second-order valence-electron chi connectivity index (χ2n) is 9.19. The van der Waals surface area contributed by atoms with Crippen LogP contribution in [0.15, 0.2) is 88.4 Å². The lowest BCUT2D eigenvalue weighted by molar-refractivity contribution is -0.122. The van der Waals surface area contributed by atoms with E-state index in [-0.39, 0.29) is 23.8 Å². The van der Waals surface area contributed by atoms with Crippen molar-refractivity contribution in [2.75, 3.05) is 16.8 Å². The molecule has 0 saturated carbocycles. The van der Waals surface area contributed by atoms with Crippen LogP contribution < -0.4 is 10.2 Å². The smallest absolute Gasteiger partial charge is 0.252 e. The Kier molecular flexibility index (Phi) is 7.39. The van der Waals surface area contributed by atoms with Crippen LogP contribution in [0.4, 0.5) is 11.4 Å². The Morgan fingerprint density at radius 1 is 1.05 bits per heavy atom. The number of anilines is 2. The van der Waals surface area contributed by atoms with Crippen LogP contribution in [0, 0.1) is 0 Å². The lowest BCUT2D eigenvalue weighted by Gasteiger charge is -2.27. The zero-order chi connectivity index (χ0) is 27.7. The summed E-state index contributed by atoms with van der Waals surface area (Å²) in [6, 6.07) is 18.9. The molecule has 2 heterocycles. The topological polar surface area (TPSA) is 120 Å². The predicted molar refractivity (Wildman–Crippen MR) is 152 cm³/mol. The number of nitrogens with one attached hydrogen (secondary N) is 2. The summed E-state index contributed by atoms with van der Waals surface area (Å²) < 4.78 is 29.6. The molecule has 0 spiro atoms. The fourth-order valence-electron chi connectivity index (χ4n) is 4.76. The summed E-state index contributed by atoms with van der Waals surface area (Å²) in [6.07, 6.45) is 1.89. The monoisotopic (exact) mass is 608 g/mol. The van der Waals surface area contributed by atoms with Gasteiger partial charge < -0.3 is 10.3 Å². The summed E-state index contributed by atoms with van der Waals surface area (Å²) in [7, 11) is -4.13. The van der Waals surface area contributed by atoms with Crippen LogP contribution in [-0.2, 0) is 30.8 Å². The first-order valence-electron chi connectivity index (χ1n) is 12.2. The van der Waals surface area contributed by atoms with Gasteiger partial charge in [0.05, 0.1) is 17.0 Å². The van der Waals surface area contributed by atoms with Gasteiger partial charge in [0.1, 0.15) is 6.04 Å². The Balaban J connectivity index is 1.47. The van der Waals surface area contributed by atoms with Crippen LogP contribution in [0.3, 0.4) is 0 Å². The summed E-state index contributed by atoms with van der Waals surface area (Å²) in [5.41, 5.74) is 2.65. The van der Waals surface area contributed by atoms with Crippen molar-refractivity contribution in [3.05, 3.63) is 89.0 Å². The molecular weight excluding hydrogens is 584 g/mol. The first-order chi connectivity index (χ1) is 18.6. The molecule has 5 rings (SSSR count). The zero-order valence-corrected chi connectivity index (χ0v) is 23.3. The Labute approximate surface area is 234 Å². The van der Waals surface area contributed by atoms with Gasteiger partial charge in [0.15, 0.2) is 0 Å². The number of rotatable bonds is 8. The van der Waals surface area contributed by atoms with Crippen molar-refractivity contribution < 1.29 is 22.8 Å². The second-order valence-corrected chi connectivity index (χ2v) is 12.0. The molecule has 1 aliphatic rings. The molecule has 1 aromatic heterocycles. The van der Waals surface area contributed by atoms with Crippen LogP contribution in [0.25, 0.3) is 10.9 Å². The van der Waals surface area contributed by atoms with E-state index in [4.69, 9.17) is 0 Å². The number of carbonyl (C=O) groups excluding carboxylic acids is 3. The van der Waals surface area contributed by atoms with Crippen LogP contribution in [0.5, 0.6) is 0 Å². The van der Waals surface area contributed by atoms with Crippen LogP contribution in [0.2, 0.25) is 0 Å². The molecule has 0 radical (unpaired) electrons. The van der Waals surface area contributed by atoms with Crippen LogP contribution in [-0.4, -0.2) is 48.0 Å². The fourth-order valence-corrected chi connectivity index (χ4v) is 6.61. The lowest BCUT2D eigenvalue weighted by Crippen LogP contribution is -2.46. The number of benzene rings is 3. The molecule has 3 amide bonds. The van der Waals surface area contributed by atoms with Gasteiger partial charge in [-0.2, -0.15) is 4.31 Å². The lowest BCUT2D eigenvalue weighted by atomic mass is 10.1. The molecule has 1 fully saturated rings. The van der Waals surface area contributed by atoms with E-state index in [0.29, 0.717) is 22.3 Å². The van der Waals surface area contributed by atoms with Gasteiger partial charge >= 0.3 is 0 Å². The first kappa shape index (κ1) is 26.8. The highest BCUT2D eigenvalue weighted by Gasteiger charge is 2.46. The molecule has 0 bridgehead atoms. The number of carbonyl (C=O) groups is 3. The molecule has 1 atom stereocenters. The quantitative estimate of drug-likeness (QED) is 0.286. The maximum atomic E-state index is 13.9. The molecular formula is C28H25BrN4O5S. The largest absolute Gasteiger partial charge is 0.361 e. The average Bonchev–Trinajstić information content (AvgIpc) is 3.44. The van der Waals surface area contributed by atoms with Crippen molar-refractivity contribution >= 4 is 66.0 Å².